The van der Waals surface area contributed by atoms with Crippen LogP contribution in [-0.4, -0.2) is 24.5 Å². The summed E-state index contributed by atoms with van der Waals surface area (Å²) in [5.41, 5.74) is 1.46. The van der Waals surface area contributed by atoms with Gasteiger partial charge in [-0.3, -0.25) is 4.31 Å². The Morgan fingerprint density at radius 1 is 1.00 bits per heavy atom. The molecule has 1 aliphatic heterocycles. The molecule has 1 unspecified atom stereocenters. The maximum atomic E-state index is 13.7. The predicted molar refractivity (Wildman–Crippen MR) is 126 cm³/mol. The Hall–Kier alpha value is -2.71. The highest BCUT2D eigenvalue weighted by Gasteiger charge is 2.39. The van der Waals surface area contributed by atoms with E-state index in [0.29, 0.717) is 22.8 Å². The molecule has 0 spiro atoms. The summed E-state index contributed by atoms with van der Waals surface area (Å²) in [4.78, 5) is 0.156. The normalized spacial score (nSPS) is 18.1. The van der Waals surface area contributed by atoms with Crippen LogP contribution in [-0.2, 0) is 22.6 Å². The van der Waals surface area contributed by atoms with Crippen molar-refractivity contribution in [2.24, 2.45) is 0 Å². The lowest BCUT2D eigenvalue weighted by Crippen LogP contribution is -2.37. The van der Waals surface area contributed by atoms with Gasteiger partial charge in [-0.15, -0.1) is 11.8 Å². The van der Waals surface area contributed by atoms with Crippen molar-refractivity contribution >= 4 is 27.9 Å². The molecule has 33 heavy (non-hydrogen) atoms. The summed E-state index contributed by atoms with van der Waals surface area (Å²) in [6, 6.07) is 20.7. The lowest BCUT2D eigenvalue weighted by molar-refractivity contribution is -0.137. The van der Waals surface area contributed by atoms with E-state index >= 15 is 0 Å². The number of alkyl halides is 3. The molecule has 1 saturated heterocycles. The monoisotopic (exact) mass is 489 g/mol. The molecule has 172 valence electrons. The van der Waals surface area contributed by atoms with E-state index in [-0.39, 0.29) is 10.9 Å². The summed E-state index contributed by atoms with van der Waals surface area (Å²) < 4.78 is 68.2. The van der Waals surface area contributed by atoms with Crippen molar-refractivity contribution < 1.29 is 21.6 Å². The third-order valence-electron chi connectivity index (χ3n) is 5.37. The van der Waals surface area contributed by atoms with Gasteiger partial charge in [0.2, 0.25) is 0 Å². The highest BCUT2D eigenvalue weighted by atomic mass is 32.2. The largest absolute Gasteiger partial charge is 0.416 e. The first-order valence-electron chi connectivity index (χ1n) is 10.3. The summed E-state index contributed by atoms with van der Waals surface area (Å²) in [7, 11) is -3.91. The number of halogens is 3. The van der Waals surface area contributed by atoms with Crippen molar-refractivity contribution in [3.63, 3.8) is 0 Å². The van der Waals surface area contributed by atoms with Gasteiger partial charge in [-0.2, -0.15) is 13.2 Å². The minimum Gasteiger partial charge on any atom is -0.256 e. The van der Waals surface area contributed by atoms with E-state index < -0.39 is 21.8 Å². The average Bonchev–Trinajstić information content (AvgIpc) is 3.17. The zero-order chi connectivity index (χ0) is 23.6. The molecule has 3 nitrogen and oxygen atoms in total. The Morgan fingerprint density at radius 2 is 1.70 bits per heavy atom. The molecular formula is C25H22F3NO2S2. The van der Waals surface area contributed by atoms with Gasteiger partial charge < -0.3 is 0 Å². The molecule has 1 heterocycles. The SMILES string of the molecule is Cc1ccc(S(=O)(=O)N2C(=Cc3cccc(C(F)(F)F)c3)SCC2Cc2ccccc2)cc1. The molecule has 0 aliphatic carbocycles. The van der Waals surface area contributed by atoms with Gasteiger partial charge in [-0.05, 0) is 54.8 Å². The molecule has 0 saturated carbocycles. The van der Waals surface area contributed by atoms with Crippen molar-refractivity contribution in [1.82, 2.24) is 4.31 Å². The minimum atomic E-state index is -4.47. The Labute approximate surface area is 196 Å². The van der Waals surface area contributed by atoms with Crippen LogP contribution in [0.5, 0.6) is 0 Å². The number of hydrogen-bond donors (Lipinski definition) is 0. The Kier molecular flexibility index (Phi) is 6.59. The maximum Gasteiger partial charge on any atom is 0.416 e. The first kappa shape index (κ1) is 23.4. The quantitative estimate of drug-likeness (QED) is 0.418. The van der Waals surface area contributed by atoms with Crippen molar-refractivity contribution in [3.8, 4) is 0 Å². The van der Waals surface area contributed by atoms with Gasteiger partial charge in [0, 0.05) is 5.75 Å². The topological polar surface area (TPSA) is 37.4 Å². The van der Waals surface area contributed by atoms with Crippen LogP contribution in [0.25, 0.3) is 6.08 Å². The maximum absolute atomic E-state index is 13.7. The van der Waals surface area contributed by atoms with Crippen LogP contribution in [0.2, 0.25) is 0 Å². The summed E-state index contributed by atoms with van der Waals surface area (Å²) >= 11 is 1.34. The van der Waals surface area contributed by atoms with E-state index in [2.05, 4.69) is 0 Å². The summed E-state index contributed by atoms with van der Waals surface area (Å²) in [5.74, 6) is 0.505. The van der Waals surface area contributed by atoms with E-state index in [1.165, 1.54) is 28.2 Å². The molecule has 0 aromatic heterocycles. The van der Waals surface area contributed by atoms with E-state index in [1.54, 1.807) is 30.3 Å². The minimum absolute atomic E-state index is 0.156. The van der Waals surface area contributed by atoms with Crippen LogP contribution in [0.1, 0.15) is 22.3 Å². The van der Waals surface area contributed by atoms with Crippen molar-refractivity contribution in [2.45, 2.75) is 30.5 Å². The number of thioether (sulfide) groups is 1. The third kappa shape index (κ3) is 5.28. The summed E-state index contributed by atoms with van der Waals surface area (Å²) in [6.45, 7) is 1.87. The van der Waals surface area contributed by atoms with Crippen LogP contribution < -0.4 is 0 Å². The fourth-order valence-corrected chi connectivity index (χ4v) is 6.92. The molecule has 1 atom stereocenters. The fraction of sp³-hybridized carbons (Fsp3) is 0.200. The van der Waals surface area contributed by atoms with Gasteiger partial charge >= 0.3 is 6.18 Å². The van der Waals surface area contributed by atoms with Gasteiger partial charge in [-0.25, -0.2) is 8.42 Å². The highest BCUT2D eigenvalue weighted by Crippen LogP contribution is 2.40. The third-order valence-corrected chi connectivity index (χ3v) is 8.53. The van der Waals surface area contributed by atoms with Crippen LogP contribution in [0.15, 0.2) is 88.8 Å². The molecule has 8 heteroatoms. The molecule has 0 radical (unpaired) electrons. The zero-order valence-corrected chi connectivity index (χ0v) is 19.4. The van der Waals surface area contributed by atoms with Gasteiger partial charge in [0.15, 0.2) is 0 Å². The Morgan fingerprint density at radius 3 is 2.36 bits per heavy atom. The van der Waals surface area contributed by atoms with Crippen molar-refractivity contribution in [1.29, 1.82) is 0 Å². The van der Waals surface area contributed by atoms with Crippen LogP contribution in [0, 0.1) is 6.92 Å². The molecule has 3 aromatic rings. The van der Waals surface area contributed by atoms with Gasteiger partial charge in [0.05, 0.1) is 21.5 Å². The number of hydrogen-bond acceptors (Lipinski definition) is 3. The summed E-state index contributed by atoms with van der Waals surface area (Å²) in [5, 5.41) is 0.413. The van der Waals surface area contributed by atoms with Crippen LogP contribution in [0.4, 0.5) is 13.2 Å². The Balaban J connectivity index is 1.76. The average molecular weight is 490 g/mol. The lowest BCUT2D eigenvalue weighted by atomic mass is 10.1. The molecule has 1 fully saturated rings. The molecule has 1 aliphatic rings. The van der Waals surface area contributed by atoms with E-state index in [4.69, 9.17) is 0 Å². The van der Waals surface area contributed by atoms with Gasteiger partial charge in [0.1, 0.15) is 0 Å². The molecule has 3 aromatic carbocycles. The number of sulfonamides is 1. The first-order chi connectivity index (χ1) is 15.6. The second kappa shape index (κ2) is 9.27. The number of benzene rings is 3. The fourth-order valence-electron chi connectivity index (χ4n) is 3.71. The molecule has 0 N–H and O–H groups in total. The number of rotatable bonds is 5. The molecule has 4 rings (SSSR count). The zero-order valence-electron chi connectivity index (χ0n) is 17.8. The molecular weight excluding hydrogens is 467 g/mol. The number of aryl methyl sites for hydroxylation is 1. The second-order valence-electron chi connectivity index (χ2n) is 7.87. The van der Waals surface area contributed by atoms with E-state index in [9.17, 15) is 21.6 Å². The van der Waals surface area contributed by atoms with Crippen LogP contribution in [0.3, 0.4) is 0 Å². The van der Waals surface area contributed by atoms with Crippen molar-refractivity contribution in [3.05, 3.63) is 106 Å². The van der Waals surface area contributed by atoms with Crippen LogP contribution >= 0.6 is 11.8 Å². The first-order valence-corrected chi connectivity index (χ1v) is 12.7. The second-order valence-corrected chi connectivity index (χ2v) is 10.7. The summed E-state index contributed by atoms with van der Waals surface area (Å²) in [6.07, 6.45) is -2.45. The van der Waals surface area contributed by atoms with Gasteiger partial charge in [-0.1, -0.05) is 60.2 Å². The molecule has 0 amide bonds. The predicted octanol–water partition coefficient (Wildman–Crippen LogP) is 6.36. The standard InChI is InChI=1S/C25H22F3NO2S2/c1-18-10-12-23(13-11-18)33(30,31)29-22(15-19-6-3-2-4-7-19)17-32-24(29)16-20-8-5-9-21(14-20)25(26,27)28/h2-14,16,22H,15,17H2,1H3. The van der Waals surface area contributed by atoms with Crippen molar-refractivity contribution in [2.75, 3.05) is 5.75 Å². The highest BCUT2D eigenvalue weighted by molar-refractivity contribution is 8.04. The van der Waals surface area contributed by atoms with Gasteiger partial charge in [0.25, 0.3) is 10.0 Å². The van der Waals surface area contributed by atoms with E-state index in [0.717, 1.165) is 23.3 Å². The van der Waals surface area contributed by atoms with E-state index in [1.807, 2.05) is 37.3 Å². The molecule has 0 bridgehead atoms. The number of nitrogens with zero attached hydrogens (tertiary/aromatic N) is 1. The lowest BCUT2D eigenvalue weighted by Gasteiger charge is -2.27. The Bertz CT molecular complexity index is 1250. The smallest absolute Gasteiger partial charge is 0.256 e.